The molecule has 0 saturated carbocycles. The Balaban J connectivity index is 2.14. The van der Waals surface area contributed by atoms with E-state index >= 15 is 0 Å². The molecule has 2 N–H and O–H groups in total. The van der Waals surface area contributed by atoms with Crippen molar-refractivity contribution in [1.29, 1.82) is 0 Å². The molecule has 4 heteroatoms. The van der Waals surface area contributed by atoms with E-state index in [0.29, 0.717) is 7.69 Å². The molecule has 0 heterocycles. The van der Waals surface area contributed by atoms with Crippen LogP contribution in [0.2, 0.25) is 0 Å². The van der Waals surface area contributed by atoms with E-state index in [1.165, 1.54) is 0 Å². The molecule has 3 nitrogen and oxygen atoms in total. The van der Waals surface area contributed by atoms with Crippen LogP contribution in [0.25, 0.3) is 21.9 Å². The van der Waals surface area contributed by atoms with Gasteiger partial charge >= 0.3 is 7.69 Å². The highest BCUT2D eigenvalue weighted by atomic mass is 16.5. The Kier molecular flexibility index (Phi) is 3.31. The number of hydrogen-bond donors (Lipinski definition) is 2. The average molecular weight is 263 g/mol. The first-order valence-electron chi connectivity index (χ1n) is 6.23. The van der Waals surface area contributed by atoms with Gasteiger partial charge in [0.15, 0.2) is 5.75 Å². The van der Waals surface area contributed by atoms with Crippen LogP contribution in [0.5, 0.6) is 11.5 Å². The van der Waals surface area contributed by atoms with Crippen LogP contribution in [0.3, 0.4) is 0 Å². The Morgan fingerprint density at radius 2 is 1.70 bits per heavy atom. The van der Waals surface area contributed by atoms with Crippen LogP contribution in [-0.4, -0.2) is 17.8 Å². The maximum Gasteiger partial charge on any atom is 0.569 e. The van der Waals surface area contributed by atoms with Gasteiger partial charge < -0.3 is 14.8 Å². The van der Waals surface area contributed by atoms with E-state index in [1.807, 2.05) is 36.4 Å². The van der Waals surface area contributed by atoms with Gasteiger partial charge in [0, 0.05) is 0 Å². The molecule has 3 aromatic rings. The summed E-state index contributed by atoms with van der Waals surface area (Å²) in [4.78, 5) is 0. The van der Waals surface area contributed by atoms with Crippen LogP contribution >= 0.6 is 0 Å². The molecule has 0 saturated heterocycles. The maximum atomic E-state index is 9.90. The Labute approximate surface area is 117 Å². The van der Waals surface area contributed by atoms with Crippen molar-refractivity contribution in [2.24, 2.45) is 0 Å². The van der Waals surface area contributed by atoms with Crippen molar-refractivity contribution in [1.82, 2.24) is 0 Å². The molecule has 97 valence electrons. The molecule has 3 rings (SSSR count). The molecule has 1 radical (unpaired) electrons. The van der Waals surface area contributed by atoms with E-state index in [1.54, 1.807) is 12.1 Å². The van der Waals surface area contributed by atoms with Crippen LogP contribution < -0.4 is 4.65 Å². The SMILES string of the molecule is O[B]Oc1ccc(-c2cccc3ccccc23)cc1O. The van der Waals surface area contributed by atoms with E-state index in [2.05, 4.69) is 12.1 Å². The maximum absolute atomic E-state index is 9.90. The summed E-state index contributed by atoms with van der Waals surface area (Å²) in [6, 6.07) is 19.2. The van der Waals surface area contributed by atoms with Crippen molar-refractivity contribution in [3.05, 3.63) is 60.7 Å². The van der Waals surface area contributed by atoms with Crippen molar-refractivity contribution in [2.45, 2.75) is 0 Å². The summed E-state index contributed by atoms with van der Waals surface area (Å²) < 4.78 is 4.80. The number of aromatic hydroxyl groups is 1. The molecule has 0 aliphatic heterocycles. The fourth-order valence-electron chi connectivity index (χ4n) is 2.32. The Morgan fingerprint density at radius 3 is 2.50 bits per heavy atom. The minimum atomic E-state index is -0.0132. The third-order valence-corrected chi connectivity index (χ3v) is 3.24. The summed E-state index contributed by atoms with van der Waals surface area (Å²) in [7, 11) is 0.548. The minimum Gasteiger partial charge on any atom is -0.535 e. The van der Waals surface area contributed by atoms with Crippen molar-refractivity contribution < 1.29 is 14.8 Å². The van der Waals surface area contributed by atoms with Crippen molar-refractivity contribution >= 4 is 18.5 Å². The van der Waals surface area contributed by atoms with Gasteiger partial charge in [-0.05, 0) is 34.0 Å². The monoisotopic (exact) mass is 263 g/mol. The summed E-state index contributed by atoms with van der Waals surface area (Å²) in [5.74, 6) is 0.206. The highest BCUT2D eigenvalue weighted by Crippen LogP contribution is 2.34. The van der Waals surface area contributed by atoms with Crippen LogP contribution in [0.15, 0.2) is 60.7 Å². The molecule has 0 unspecified atom stereocenters. The summed E-state index contributed by atoms with van der Waals surface area (Å²) in [6.45, 7) is 0. The van der Waals surface area contributed by atoms with Crippen molar-refractivity contribution in [3.63, 3.8) is 0 Å². The molecule has 3 aromatic carbocycles. The number of phenolic OH excluding ortho intramolecular Hbond substituents is 1. The lowest BCUT2D eigenvalue weighted by atomic mass is 9.98. The molecule has 0 fully saturated rings. The normalized spacial score (nSPS) is 10.4. The topological polar surface area (TPSA) is 49.7 Å². The first-order valence-corrected chi connectivity index (χ1v) is 6.23. The molecular weight excluding hydrogens is 251 g/mol. The van der Waals surface area contributed by atoms with Gasteiger partial charge in [-0.15, -0.1) is 0 Å². The van der Waals surface area contributed by atoms with Gasteiger partial charge in [0.05, 0.1) is 0 Å². The smallest absolute Gasteiger partial charge is 0.535 e. The van der Waals surface area contributed by atoms with Crippen LogP contribution in [0, 0.1) is 0 Å². The third kappa shape index (κ3) is 2.21. The Bertz CT molecular complexity index is 750. The zero-order valence-corrected chi connectivity index (χ0v) is 10.7. The van der Waals surface area contributed by atoms with Gasteiger partial charge in [-0.25, -0.2) is 0 Å². The standard InChI is InChI=1S/C16H12BO3/c18-15-10-12(8-9-16(15)20-17-19)14-7-3-5-11-4-1-2-6-13(11)14/h1-10,18-19H. The van der Waals surface area contributed by atoms with Gasteiger partial charge in [0.2, 0.25) is 0 Å². The van der Waals surface area contributed by atoms with Gasteiger partial charge in [-0.2, -0.15) is 0 Å². The fourth-order valence-corrected chi connectivity index (χ4v) is 2.32. The second-order valence-corrected chi connectivity index (χ2v) is 4.43. The first kappa shape index (κ1) is 12.6. The van der Waals surface area contributed by atoms with Gasteiger partial charge in [-0.1, -0.05) is 48.5 Å². The molecule has 0 atom stereocenters. The van der Waals surface area contributed by atoms with E-state index in [0.717, 1.165) is 21.9 Å². The highest BCUT2D eigenvalue weighted by molar-refractivity contribution is 6.17. The fraction of sp³-hybridized carbons (Fsp3) is 0. The first-order chi connectivity index (χ1) is 9.79. The highest BCUT2D eigenvalue weighted by Gasteiger charge is 2.08. The lowest BCUT2D eigenvalue weighted by Gasteiger charge is -2.10. The molecule has 0 amide bonds. The predicted molar refractivity (Wildman–Crippen MR) is 79.6 cm³/mol. The van der Waals surface area contributed by atoms with Gasteiger partial charge in [-0.3, -0.25) is 0 Å². The number of phenols is 1. The zero-order chi connectivity index (χ0) is 13.9. The van der Waals surface area contributed by atoms with E-state index in [4.69, 9.17) is 9.68 Å². The largest absolute Gasteiger partial charge is 0.569 e. The molecular formula is C16H12BO3. The zero-order valence-electron chi connectivity index (χ0n) is 10.7. The van der Waals surface area contributed by atoms with E-state index < -0.39 is 0 Å². The molecule has 20 heavy (non-hydrogen) atoms. The van der Waals surface area contributed by atoms with Crippen molar-refractivity contribution in [2.75, 3.05) is 0 Å². The lowest BCUT2D eigenvalue weighted by molar-refractivity contribution is 0.410. The van der Waals surface area contributed by atoms with E-state index in [9.17, 15) is 5.11 Å². The number of hydrogen-bond acceptors (Lipinski definition) is 3. The third-order valence-electron chi connectivity index (χ3n) is 3.24. The van der Waals surface area contributed by atoms with Crippen LogP contribution in [0.4, 0.5) is 0 Å². The molecule has 0 bridgehead atoms. The molecule has 0 aliphatic carbocycles. The van der Waals surface area contributed by atoms with E-state index in [-0.39, 0.29) is 11.5 Å². The number of rotatable bonds is 3. The minimum absolute atomic E-state index is 0.0132. The second-order valence-electron chi connectivity index (χ2n) is 4.43. The Hall–Kier alpha value is -2.46. The van der Waals surface area contributed by atoms with Crippen LogP contribution in [0.1, 0.15) is 0 Å². The molecule has 0 spiro atoms. The molecule has 0 aromatic heterocycles. The Morgan fingerprint density at radius 1 is 0.900 bits per heavy atom. The predicted octanol–water partition coefficient (Wildman–Crippen LogP) is 3.12. The second kappa shape index (κ2) is 5.27. The lowest BCUT2D eigenvalue weighted by Crippen LogP contribution is -1.99. The van der Waals surface area contributed by atoms with Crippen LogP contribution in [-0.2, 0) is 0 Å². The summed E-state index contributed by atoms with van der Waals surface area (Å²) in [5.41, 5.74) is 1.93. The van der Waals surface area contributed by atoms with Gasteiger partial charge in [0.25, 0.3) is 0 Å². The summed E-state index contributed by atoms with van der Waals surface area (Å²) in [5, 5.41) is 20.8. The number of benzene rings is 3. The average Bonchev–Trinajstić information content (AvgIpc) is 2.49. The number of fused-ring (bicyclic) bond motifs is 1. The van der Waals surface area contributed by atoms with Gasteiger partial charge in [0.1, 0.15) is 5.75 Å². The summed E-state index contributed by atoms with van der Waals surface area (Å²) >= 11 is 0. The summed E-state index contributed by atoms with van der Waals surface area (Å²) in [6.07, 6.45) is 0. The molecule has 0 aliphatic rings. The quantitative estimate of drug-likeness (QED) is 0.714. The van der Waals surface area contributed by atoms with Crippen molar-refractivity contribution in [3.8, 4) is 22.6 Å².